The average Bonchev–Trinajstić information content (AvgIpc) is 2.27. The third-order valence-electron chi connectivity index (χ3n) is 2.26. The minimum atomic E-state index is 0.365. The van der Waals surface area contributed by atoms with Gasteiger partial charge in [-0.15, -0.1) is 0 Å². The summed E-state index contributed by atoms with van der Waals surface area (Å²) in [6.07, 6.45) is 0.976. The minimum Gasteiger partial charge on any atom is -0.385 e. The van der Waals surface area contributed by atoms with Crippen molar-refractivity contribution in [2.75, 3.05) is 30.9 Å². The molecule has 16 heavy (non-hydrogen) atoms. The van der Waals surface area contributed by atoms with E-state index in [1.54, 1.807) is 7.11 Å². The van der Waals surface area contributed by atoms with Gasteiger partial charge in [-0.05, 0) is 32.4 Å². The Balaban J connectivity index is 2.49. The third kappa shape index (κ3) is 4.49. The monoisotopic (exact) mass is 223 g/mol. The number of methoxy groups -OCH3 is 1. The molecule has 0 aliphatic carbocycles. The van der Waals surface area contributed by atoms with Crippen molar-refractivity contribution >= 4 is 11.6 Å². The van der Waals surface area contributed by atoms with Crippen LogP contribution in [0.5, 0.6) is 0 Å². The molecule has 1 aromatic rings. The summed E-state index contributed by atoms with van der Waals surface area (Å²) in [6, 6.07) is 6.30. The van der Waals surface area contributed by atoms with Crippen molar-refractivity contribution in [2.24, 2.45) is 0 Å². The van der Waals surface area contributed by atoms with Crippen LogP contribution in [0.1, 0.15) is 20.3 Å². The van der Waals surface area contributed by atoms with E-state index in [0.29, 0.717) is 6.04 Å². The number of nitrogens with zero attached hydrogens (tertiary/aromatic N) is 1. The Bertz CT molecular complexity index is 304. The number of nitrogens with one attached hydrogen (secondary N) is 2. The molecule has 0 aliphatic heterocycles. The van der Waals surface area contributed by atoms with E-state index < -0.39 is 0 Å². The number of anilines is 2. The predicted octanol–water partition coefficient (Wildman–Crippen LogP) is 2.35. The van der Waals surface area contributed by atoms with E-state index in [-0.39, 0.29) is 0 Å². The molecule has 0 amide bonds. The van der Waals surface area contributed by atoms with E-state index in [0.717, 1.165) is 31.2 Å². The van der Waals surface area contributed by atoms with Gasteiger partial charge < -0.3 is 15.4 Å². The predicted molar refractivity (Wildman–Crippen MR) is 68.0 cm³/mol. The third-order valence-corrected chi connectivity index (χ3v) is 2.26. The van der Waals surface area contributed by atoms with Crippen LogP contribution in [0.2, 0.25) is 0 Å². The van der Waals surface area contributed by atoms with E-state index in [2.05, 4.69) is 29.5 Å². The Morgan fingerprint density at radius 1 is 1.38 bits per heavy atom. The van der Waals surface area contributed by atoms with Crippen LogP contribution in [0.25, 0.3) is 0 Å². The number of hydrogen-bond donors (Lipinski definition) is 2. The van der Waals surface area contributed by atoms with Crippen molar-refractivity contribution < 1.29 is 4.74 Å². The summed E-state index contributed by atoms with van der Waals surface area (Å²) in [5.41, 5.74) is 0. The summed E-state index contributed by atoms with van der Waals surface area (Å²) in [7, 11) is 1.72. The van der Waals surface area contributed by atoms with E-state index in [1.165, 1.54) is 0 Å². The number of aromatic nitrogens is 1. The smallest absolute Gasteiger partial charge is 0.128 e. The summed E-state index contributed by atoms with van der Waals surface area (Å²) in [5, 5.41) is 6.53. The van der Waals surface area contributed by atoms with Crippen LogP contribution in [0.15, 0.2) is 18.2 Å². The van der Waals surface area contributed by atoms with Gasteiger partial charge in [0.15, 0.2) is 0 Å². The largest absolute Gasteiger partial charge is 0.385 e. The highest BCUT2D eigenvalue weighted by molar-refractivity contribution is 5.45. The van der Waals surface area contributed by atoms with E-state index in [9.17, 15) is 0 Å². The van der Waals surface area contributed by atoms with Crippen molar-refractivity contribution in [2.45, 2.75) is 26.3 Å². The minimum absolute atomic E-state index is 0.365. The van der Waals surface area contributed by atoms with Gasteiger partial charge in [0, 0.05) is 26.3 Å². The molecule has 0 aromatic carbocycles. The van der Waals surface area contributed by atoms with Gasteiger partial charge in [-0.25, -0.2) is 4.98 Å². The molecule has 1 heterocycles. The molecule has 1 rings (SSSR count). The number of ether oxygens (including phenoxy) is 1. The summed E-state index contributed by atoms with van der Waals surface area (Å²) in [5.74, 6) is 1.81. The molecule has 0 fully saturated rings. The van der Waals surface area contributed by atoms with Gasteiger partial charge in [0.25, 0.3) is 0 Å². The average molecular weight is 223 g/mol. The van der Waals surface area contributed by atoms with E-state index >= 15 is 0 Å². The Hall–Kier alpha value is -1.29. The molecule has 1 aromatic heterocycles. The molecular weight excluding hydrogens is 202 g/mol. The molecule has 0 saturated carbocycles. The maximum atomic E-state index is 5.04. The van der Waals surface area contributed by atoms with Crippen molar-refractivity contribution in [3.8, 4) is 0 Å². The molecule has 1 unspecified atom stereocenters. The van der Waals surface area contributed by atoms with Crippen LogP contribution in [-0.2, 0) is 4.74 Å². The Labute approximate surface area is 97.4 Å². The summed E-state index contributed by atoms with van der Waals surface area (Å²) >= 11 is 0. The highest BCUT2D eigenvalue weighted by Gasteiger charge is 2.02. The quantitative estimate of drug-likeness (QED) is 0.745. The molecule has 2 N–H and O–H groups in total. The van der Waals surface area contributed by atoms with Crippen LogP contribution >= 0.6 is 0 Å². The zero-order valence-electron chi connectivity index (χ0n) is 10.3. The first-order chi connectivity index (χ1) is 7.76. The normalized spacial score (nSPS) is 12.2. The van der Waals surface area contributed by atoms with Gasteiger partial charge in [0.1, 0.15) is 11.6 Å². The van der Waals surface area contributed by atoms with Crippen molar-refractivity contribution in [1.82, 2.24) is 4.98 Å². The Kier molecular flexibility index (Phi) is 5.64. The lowest BCUT2D eigenvalue weighted by atomic mass is 10.2. The van der Waals surface area contributed by atoms with Crippen molar-refractivity contribution in [3.63, 3.8) is 0 Å². The summed E-state index contributed by atoms with van der Waals surface area (Å²) < 4.78 is 5.04. The van der Waals surface area contributed by atoms with Crippen LogP contribution in [-0.4, -0.2) is 31.3 Å². The lowest BCUT2D eigenvalue weighted by Gasteiger charge is -2.14. The van der Waals surface area contributed by atoms with Crippen molar-refractivity contribution in [3.05, 3.63) is 18.2 Å². The first kappa shape index (κ1) is 12.8. The lowest BCUT2D eigenvalue weighted by molar-refractivity contribution is 0.191. The fourth-order valence-electron chi connectivity index (χ4n) is 1.41. The molecule has 4 nitrogen and oxygen atoms in total. The lowest BCUT2D eigenvalue weighted by Crippen LogP contribution is -2.18. The van der Waals surface area contributed by atoms with Crippen LogP contribution in [0, 0.1) is 0 Å². The van der Waals surface area contributed by atoms with Gasteiger partial charge in [-0.2, -0.15) is 0 Å². The maximum absolute atomic E-state index is 5.04. The standard InChI is InChI=1S/C12H21N3O/c1-4-13-11-6-5-7-12(15-11)14-10(2)8-9-16-3/h5-7,10H,4,8-9H2,1-3H3,(H2,13,14,15). The van der Waals surface area contributed by atoms with Gasteiger partial charge >= 0.3 is 0 Å². The topological polar surface area (TPSA) is 46.2 Å². The second-order valence-electron chi connectivity index (χ2n) is 3.77. The first-order valence-corrected chi connectivity index (χ1v) is 5.72. The fourth-order valence-corrected chi connectivity index (χ4v) is 1.41. The highest BCUT2D eigenvalue weighted by Crippen LogP contribution is 2.10. The number of hydrogen-bond acceptors (Lipinski definition) is 4. The molecule has 4 heteroatoms. The summed E-state index contributed by atoms with van der Waals surface area (Å²) in [4.78, 5) is 4.45. The number of pyridine rings is 1. The summed E-state index contributed by atoms with van der Waals surface area (Å²) in [6.45, 7) is 5.83. The zero-order chi connectivity index (χ0) is 11.8. The number of rotatable bonds is 7. The van der Waals surface area contributed by atoms with Gasteiger partial charge in [0.05, 0.1) is 0 Å². The van der Waals surface area contributed by atoms with E-state index in [1.807, 2.05) is 18.2 Å². The molecular formula is C12H21N3O. The zero-order valence-corrected chi connectivity index (χ0v) is 10.3. The highest BCUT2D eigenvalue weighted by atomic mass is 16.5. The molecule has 0 aliphatic rings. The maximum Gasteiger partial charge on any atom is 0.128 e. The SMILES string of the molecule is CCNc1cccc(NC(C)CCOC)n1. The van der Waals surface area contributed by atoms with Gasteiger partial charge in [-0.1, -0.05) is 6.07 Å². The molecule has 0 saturated heterocycles. The van der Waals surface area contributed by atoms with E-state index in [4.69, 9.17) is 4.74 Å². The molecule has 0 radical (unpaired) electrons. The second-order valence-corrected chi connectivity index (χ2v) is 3.77. The fraction of sp³-hybridized carbons (Fsp3) is 0.583. The Morgan fingerprint density at radius 2 is 2.12 bits per heavy atom. The van der Waals surface area contributed by atoms with Gasteiger partial charge in [-0.3, -0.25) is 0 Å². The Morgan fingerprint density at radius 3 is 2.81 bits per heavy atom. The molecule has 1 atom stereocenters. The first-order valence-electron chi connectivity index (χ1n) is 5.72. The van der Waals surface area contributed by atoms with Crippen LogP contribution in [0.4, 0.5) is 11.6 Å². The van der Waals surface area contributed by atoms with Crippen LogP contribution < -0.4 is 10.6 Å². The molecule has 0 spiro atoms. The van der Waals surface area contributed by atoms with Crippen molar-refractivity contribution in [1.29, 1.82) is 0 Å². The van der Waals surface area contributed by atoms with Gasteiger partial charge in [0.2, 0.25) is 0 Å². The molecule has 90 valence electrons. The molecule has 0 bridgehead atoms. The van der Waals surface area contributed by atoms with Crippen LogP contribution in [0.3, 0.4) is 0 Å². The second kappa shape index (κ2) is 7.06.